The smallest absolute Gasteiger partial charge is 0.0946 e. The zero-order valence-corrected chi connectivity index (χ0v) is 11.4. The Morgan fingerprint density at radius 2 is 2.00 bits per heavy atom. The number of benzene rings is 1. The number of aromatic nitrogens is 2. The summed E-state index contributed by atoms with van der Waals surface area (Å²) in [6, 6.07) is 8.92. The van der Waals surface area contributed by atoms with E-state index in [0.29, 0.717) is 0 Å². The number of nitrogens with zero attached hydrogens (tertiary/aromatic N) is 2. The van der Waals surface area contributed by atoms with E-state index in [-0.39, 0.29) is 6.04 Å². The molecule has 0 saturated heterocycles. The number of aryl methyl sites for hydroxylation is 2. The van der Waals surface area contributed by atoms with Crippen molar-refractivity contribution < 1.29 is 0 Å². The number of imidazole rings is 1. The first-order chi connectivity index (χ1) is 8.72. The van der Waals surface area contributed by atoms with E-state index in [4.69, 9.17) is 0 Å². The summed E-state index contributed by atoms with van der Waals surface area (Å²) in [5.74, 6) is 0. The van der Waals surface area contributed by atoms with Gasteiger partial charge in [-0.05, 0) is 25.5 Å². The van der Waals surface area contributed by atoms with Gasteiger partial charge in [-0.15, -0.1) is 0 Å². The van der Waals surface area contributed by atoms with E-state index in [1.807, 2.05) is 19.6 Å². The average Bonchev–Trinajstić information content (AvgIpc) is 2.78. The summed E-state index contributed by atoms with van der Waals surface area (Å²) in [5, 5.41) is 3.59. The molecule has 1 unspecified atom stereocenters. The van der Waals surface area contributed by atoms with Crippen LogP contribution < -0.4 is 5.32 Å². The SMILES string of the molecule is CCCNC(c1ccc(C)cc1)c1cncn1C. The molecule has 18 heavy (non-hydrogen) atoms. The van der Waals surface area contributed by atoms with Crippen LogP contribution in [0.4, 0.5) is 0 Å². The van der Waals surface area contributed by atoms with Crippen molar-refractivity contribution in [3.05, 3.63) is 53.6 Å². The molecule has 0 aliphatic carbocycles. The molecule has 0 aliphatic heterocycles. The molecule has 2 aromatic rings. The maximum atomic E-state index is 4.22. The molecule has 1 aromatic heterocycles. The Labute approximate surface area is 109 Å². The van der Waals surface area contributed by atoms with E-state index >= 15 is 0 Å². The Kier molecular flexibility index (Phi) is 4.15. The van der Waals surface area contributed by atoms with Crippen molar-refractivity contribution in [3.8, 4) is 0 Å². The minimum Gasteiger partial charge on any atom is -0.336 e. The van der Waals surface area contributed by atoms with Crippen molar-refractivity contribution in [2.24, 2.45) is 7.05 Å². The fourth-order valence-electron chi connectivity index (χ4n) is 2.09. The Morgan fingerprint density at radius 1 is 1.28 bits per heavy atom. The van der Waals surface area contributed by atoms with E-state index in [9.17, 15) is 0 Å². The molecule has 96 valence electrons. The van der Waals surface area contributed by atoms with E-state index < -0.39 is 0 Å². The van der Waals surface area contributed by atoms with Crippen LogP contribution in [0.1, 0.15) is 36.2 Å². The number of hydrogen-bond acceptors (Lipinski definition) is 2. The van der Waals surface area contributed by atoms with Crippen LogP contribution in [-0.2, 0) is 7.05 Å². The number of rotatable bonds is 5. The summed E-state index contributed by atoms with van der Waals surface area (Å²) in [7, 11) is 2.04. The van der Waals surface area contributed by atoms with Crippen LogP contribution in [0.15, 0.2) is 36.8 Å². The zero-order valence-electron chi connectivity index (χ0n) is 11.4. The molecule has 1 N–H and O–H groups in total. The second-order valence-corrected chi connectivity index (χ2v) is 4.73. The van der Waals surface area contributed by atoms with Crippen LogP contribution >= 0.6 is 0 Å². The third kappa shape index (κ3) is 2.79. The van der Waals surface area contributed by atoms with Gasteiger partial charge in [-0.2, -0.15) is 0 Å². The van der Waals surface area contributed by atoms with Crippen LogP contribution in [0.3, 0.4) is 0 Å². The molecule has 0 bridgehead atoms. The summed E-state index contributed by atoms with van der Waals surface area (Å²) < 4.78 is 2.08. The van der Waals surface area contributed by atoms with Crippen molar-refractivity contribution in [2.45, 2.75) is 26.3 Å². The summed E-state index contributed by atoms with van der Waals surface area (Å²) in [6.07, 6.45) is 4.91. The molecule has 0 aliphatic rings. The highest BCUT2D eigenvalue weighted by atomic mass is 15.1. The van der Waals surface area contributed by atoms with E-state index in [2.05, 4.69) is 53.0 Å². The van der Waals surface area contributed by atoms with Crippen molar-refractivity contribution in [1.82, 2.24) is 14.9 Å². The fraction of sp³-hybridized carbons (Fsp3) is 0.400. The predicted molar refractivity (Wildman–Crippen MR) is 74.5 cm³/mol. The van der Waals surface area contributed by atoms with Gasteiger partial charge in [0, 0.05) is 7.05 Å². The summed E-state index contributed by atoms with van der Waals surface area (Å²) in [5.41, 5.74) is 3.78. The van der Waals surface area contributed by atoms with Gasteiger partial charge in [0.25, 0.3) is 0 Å². The van der Waals surface area contributed by atoms with Gasteiger partial charge >= 0.3 is 0 Å². The lowest BCUT2D eigenvalue weighted by molar-refractivity contribution is 0.569. The second-order valence-electron chi connectivity index (χ2n) is 4.73. The first-order valence-corrected chi connectivity index (χ1v) is 6.48. The predicted octanol–water partition coefficient (Wildman–Crippen LogP) is 2.82. The normalized spacial score (nSPS) is 12.6. The molecule has 3 heteroatoms. The van der Waals surface area contributed by atoms with Crippen LogP contribution in [0.5, 0.6) is 0 Å². The lowest BCUT2D eigenvalue weighted by atomic mass is 10.0. The minimum atomic E-state index is 0.220. The third-order valence-electron chi connectivity index (χ3n) is 3.16. The number of nitrogens with one attached hydrogen (secondary N) is 1. The molecule has 3 nitrogen and oxygen atoms in total. The lowest BCUT2D eigenvalue weighted by Crippen LogP contribution is -2.24. The molecule has 0 fully saturated rings. The first-order valence-electron chi connectivity index (χ1n) is 6.48. The van der Waals surface area contributed by atoms with Crippen molar-refractivity contribution in [2.75, 3.05) is 6.54 Å². The van der Waals surface area contributed by atoms with Crippen molar-refractivity contribution in [3.63, 3.8) is 0 Å². The number of hydrogen-bond donors (Lipinski definition) is 1. The van der Waals surface area contributed by atoms with Crippen LogP contribution in [0, 0.1) is 6.92 Å². The topological polar surface area (TPSA) is 29.9 Å². The molecular formula is C15H21N3. The summed E-state index contributed by atoms with van der Waals surface area (Å²) in [6.45, 7) is 5.30. The standard InChI is InChI=1S/C15H21N3/c1-4-9-17-15(14-10-16-11-18(14)3)13-7-5-12(2)6-8-13/h5-8,10-11,15,17H,4,9H2,1-3H3. The maximum absolute atomic E-state index is 4.22. The molecule has 1 aromatic carbocycles. The molecule has 0 saturated carbocycles. The van der Waals surface area contributed by atoms with Gasteiger partial charge in [-0.1, -0.05) is 36.8 Å². The van der Waals surface area contributed by atoms with Crippen molar-refractivity contribution in [1.29, 1.82) is 0 Å². The van der Waals surface area contributed by atoms with Gasteiger partial charge in [0.05, 0.1) is 24.3 Å². The zero-order chi connectivity index (χ0) is 13.0. The molecule has 0 radical (unpaired) electrons. The Balaban J connectivity index is 2.30. The van der Waals surface area contributed by atoms with Gasteiger partial charge < -0.3 is 9.88 Å². The van der Waals surface area contributed by atoms with Gasteiger partial charge in [-0.25, -0.2) is 4.98 Å². The van der Waals surface area contributed by atoms with Gasteiger partial charge in [-0.3, -0.25) is 0 Å². The van der Waals surface area contributed by atoms with Crippen LogP contribution in [0.2, 0.25) is 0 Å². The summed E-state index contributed by atoms with van der Waals surface area (Å²) in [4.78, 5) is 4.22. The average molecular weight is 243 g/mol. The Hall–Kier alpha value is -1.61. The molecule has 2 rings (SSSR count). The molecular weight excluding hydrogens is 222 g/mol. The van der Waals surface area contributed by atoms with Crippen LogP contribution in [0.25, 0.3) is 0 Å². The molecule has 1 atom stereocenters. The van der Waals surface area contributed by atoms with Gasteiger partial charge in [0.2, 0.25) is 0 Å². The highest BCUT2D eigenvalue weighted by molar-refractivity contribution is 5.29. The third-order valence-corrected chi connectivity index (χ3v) is 3.16. The first kappa shape index (κ1) is 12.8. The van der Waals surface area contributed by atoms with E-state index in [0.717, 1.165) is 13.0 Å². The minimum absolute atomic E-state index is 0.220. The summed E-state index contributed by atoms with van der Waals surface area (Å²) >= 11 is 0. The largest absolute Gasteiger partial charge is 0.336 e. The highest BCUT2D eigenvalue weighted by Crippen LogP contribution is 2.21. The van der Waals surface area contributed by atoms with Crippen LogP contribution in [-0.4, -0.2) is 16.1 Å². The highest BCUT2D eigenvalue weighted by Gasteiger charge is 2.15. The second kappa shape index (κ2) is 5.83. The van der Waals surface area contributed by atoms with Gasteiger partial charge in [0.1, 0.15) is 0 Å². The lowest BCUT2D eigenvalue weighted by Gasteiger charge is -2.19. The van der Waals surface area contributed by atoms with Gasteiger partial charge in [0.15, 0.2) is 0 Å². The van der Waals surface area contributed by atoms with E-state index in [1.54, 1.807) is 0 Å². The fourth-order valence-corrected chi connectivity index (χ4v) is 2.09. The Morgan fingerprint density at radius 3 is 2.56 bits per heavy atom. The molecule has 0 spiro atoms. The quantitative estimate of drug-likeness (QED) is 0.875. The molecule has 1 heterocycles. The maximum Gasteiger partial charge on any atom is 0.0946 e. The Bertz CT molecular complexity index is 485. The van der Waals surface area contributed by atoms with E-state index in [1.165, 1.54) is 16.8 Å². The van der Waals surface area contributed by atoms with Crippen molar-refractivity contribution >= 4 is 0 Å². The molecule has 0 amide bonds. The monoisotopic (exact) mass is 243 g/mol.